The minimum Gasteiger partial charge on any atom is -0.464 e. The van der Waals surface area contributed by atoms with Crippen molar-refractivity contribution in [3.8, 4) is 0 Å². The van der Waals surface area contributed by atoms with Gasteiger partial charge in [-0.3, -0.25) is 14.4 Å². The molecule has 7 heteroatoms. The molecule has 45 heavy (non-hydrogen) atoms. The summed E-state index contributed by atoms with van der Waals surface area (Å²) in [4.78, 5) is 45.1. The number of nitrogens with zero attached hydrogens (tertiary/aromatic N) is 2. The van der Waals surface area contributed by atoms with Crippen LogP contribution in [0.4, 0.5) is 4.39 Å². The van der Waals surface area contributed by atoms with Crippen LogP contribution in [0.25, 0.3) is 11.0 Å². The Bertz CT molecular complexity index is 1750. The molecule has 0 aliphatic rings. The Labute approximate surface area is 262 Å². The lowest BCUT2D eigenvalue weighted by molar-refractivity contribution is -0.141. The molecule has 0 atom stereocenters. The van der Waals surface area contributed by atoms with E-state index in [0.717, 1.165) is 11.1 Å². The van der Waals surface area contributed by atoms with Crippen molar-refractivity contribution >= 4 is 22.8 Å². The highest BCUT2D eigenvalue weighted by atomic mass is 19.1. The van der Waals surface area contributed by atoms with Crippen molar-refractivity contribution in [2.45, 2.75) is 39.3 Å². The van der Waals surface area contributed by atoms with Crippen molar-refractivity contribution in [1.82, 2.24) is 9.80 Å². The number of halogens is 1. The van der Waals surface area contributed by atoms with Gasteiger partial charge < -0.3 is 14.2 Å². The van der Waals surface area contributed by atoms with Crippen molar-refractivity contribution in [1.29, 1.82) is 0 Å². The number of benzene rings is 4. The van der Waals surface area contributed by atoms with Gasteiger partial charge in [-0.2, -0.15) is 0 Å². The summed E-state index contributed by atoms with van der Waals surface area (Å²) < 4.78 is 19.5. The van der Waals surface area contributed by atoms with Crippen LogP contribution in [0.2, 0.25) is 0 Å². The normalized spacial score (nSPS) is 11.2. The van der Waals surface area contributed by atoms with E-state index in [1.807, 2.05) is 60.7 Å². The van der Waals surface area contributed by atoms with E-state index in [0.29, 0.717) is 41.0 Å². The number of fused-ring (bicyclic) bond motifs is 1. The zero-order chi connectivity index (χ0) is 31.8. The van der Waals surface area contributed by atoms with Crippen LogP contribution in [-0.2, 0) is 22.7 Å². The largest absolute Gasteiger partial charge is 0.464 e. The number of carbonyl (C=O) groups excluding carboxylic acids is 2. The van der Waals surface area contributed by atoms with Crippen molar-refractivity contribution < 1.29 is 18.4 Å². The van der Waals surface area contributed by atoms with Gasteiger partial charge in [0, 0.05) is 13.1 Å². The van der Waals surface area contributed by atoms with Gasteiger partial charge >= 0.3 is 0 Å². The Hall–Kier alpha value is -5.04. The highest BCUT2D eigenvalue weighted by molar-refractivity contribution is 5.91. The molecule has 0 bridgehead atoms. The van der Waals surface area contributed by atoms with E-state index in [2.05, 4.69) is 13.8 Å². The Morgan fingerprint density at radius 2 is 1.36 bits per heavy atom. The van der Waals surface area contributed by atoms with Gasteiger partial charge in [-0.15, -0.1) is 0 Å². The van der Waals surface area contributed by atoms with Crippen LogP contribution < -0.4 is 5.43 Å². The number of carbonyl (C=O) groups is 2. The second-order valence-electron chi connectivity index (χ2n) is 11.7. The van der Waals surface area contributed by atoms with Crippen LogP contribution in [0.15, 0.2) is 125 Å². The van der Waals surface area contributed by atoms with E-state index in [4.69, 9.17) is 4.42 Å². The van der Waals surface area contributed by atoms with Crippen LogP contribution in [0.1, 0.15) is 48.4 Å². The van der Waals surface area contributed by atoms with Crippen LogP contribution >= 0.6 is 0 Å². The predicted molar refractivity (Wildman–Crippen MR) is 174 cm³/mol. The molecule has 0 N–H and O–H groups in total. The van der Waals surface area contributed by atoms with Crippen molar-refractivity contribution in [2.75, 3.05) is 13.1 Å². The van der Waals surface area contributed by atoms with Gasteiger partial charge in [-0.25, -0.2) is 4.39 Å². The predicted octanol–water partition coefficient (Wildman–Crippen LogP) is 7.17. The number of rotatable bonds is 12. The summed E-state index contributed by atoms with van der Waals surface area (Å²) in [5.74, 6) is -1.17. The number of hydrogen-bond acceptors (Lipinski definition) is 4. The van der Waals surface area contributed by atoms with Crippen molar-refractivity contribution in [3.05, 3.63) is 154 Å². The number of amides is 2. The molecule has 1 heterocycles. The van der Waals surface area contributed by atoms with Crippen molar-refractivity contribution in [2.24, 2.45) is 5.92 Å². The minimum atomic E-state index is -0.592. The lowest BCUT2D eigenvalue weighted by Crippen LogP contribution is -2.45. The molecule has 5 aromatic rings. The fourth-order valence-corrected chi connectivity index (χ4v) is 5.37. The quantitative estimate of drug-likeness (QED) is 0.151. The molecule has 6 nitrogen and oxygen atoms in total. The first kappa shape index (κ1) is 31.4. The Kier molecular flexibility index (Phi) is 10.2. The standard InChI is InChI=1S/C38H37FN2O4/c1-27(2)21-22-40(38(44)36(29-11-5-3-6-12-29)30-13-7-4-8-14-30)25-35(42)41(23-28-17-19-32(39)20-18-28)24-31-26-45-34-16-10-9-15-33(34)37(31)43/h3-20,26-27,36H,21-25H2,1-2H3. The zero-order valence-corrected chi connectivity index (χ0v) is 25.6. The topological polar surface area (TPSA) is 70.8 Å². The molecule has 0 aliphatic carbocycles. The van der Waals surface area contributed by atoms with Crippen LogP contribution in [-0.4, -0.2) is 34.7 Å². The summed E-state index contributed by atoms with van der Waals surface area (Å²) in [6.07, 6.45) is 2.10. The first-order chi connectivity index (χ1) is 21.8. The maximum Gasteiger partial charge on any atom is 0.242 e. The van der Waals surface area contributed by atoms with E-state index in [1.165, 1.54) is 23.3 Å². The molecular weight excluding hydrogens is 567 g/mol. The molecule has 5 rings (SSSR count). The van der Waals surface area contributed by atoms with Crippen molar-refractivity contribution in [3.63, 3.8) is 0 Å². The molecule has 2 amide bonds. The fraction of sp³-hybridized carbons (Fsp3) is 0.237. The summed E-state index contributed by atoms with van der Waals surface area (Å²) in [5, 5.41) is 0.423. The van der Waals surface area contributed by atoms with Gasteiger partial charge in [0.05, 0.1) is 36.2 Å². The average Bonchev–Trinajstić information content (AvgIpc) is 3.06. The lowest BCUT2D eigenvalue weighted by Gasteiger charge is -2.31. The SMILES string of the molecule is CC(C)CCN(CC(=O)N(Cc1ccc(F)cc1)Cc1coc2ccccc2c1=O)C(=O)C(c1ccccc1)c1ccccc1. The monoisotopic (exact) mass is 604 g/mol. The third kappa shape index (κ3) is 7.92. The Morgan fingerprint density at radius 1 is 0.756 bits per heavy atom. The van der Waals surface area contributed by atoms with E-state index in [1.54, 1.807) is 41.3 Å². The third-order valence-corrected chi connectivity index (χ3v) is 7.88. The maximum atomic E-state index is 14.4. The summed E-state index contributed by atoms with van der Waals surface area (Å²) in [6.45, 7) is 4.46. The van der Waals surface area contributed by atoms with E-state index < -0.39 is 5.92 Å². The summed E-state index contributed by atoms with van der Waals surface area (Å²) in [6, 6.07) is 32.0. The second-order valence-corrected chi connectivity index (χ2v) is 11.7. The van der Waals surface area contributed by atoms with Crippen LogP contribution in [0.3, 0.4) is 0 Å². The van der Waals surface area contributed by atoms with Gasteiger partial charge in [-0.1, -0.05) is 98.8 Å². The molecule has 0 spiro atoms. The number of para-hydroxylation sites is 1. The Balaban J connectivity index is 1.48. The van der Waals surface area contributed by atoms with E-state index in [-0.39, 0.29) is 42.7 Å². The molecule has 0 radical (unpaired) electrons. The van der Waals surface area contributed by atoms with Gasteiger partial charge in [0.2, 0.25) is 11.8 Å². The molecule has 0 fully saturated rings. The lowest BCUT2D eigenvalue weighted by atomic mass is 9.89. The van der Waals surface area contributed by atoms with Gasteiger partial charge in [0.1, 0.15) is 11.4 Å². The second kappa shape index (κ2) is 14.6. The van der Waals surface area contributed by atoms with Crippen LogP contribution in [0, 0.1) is 11.7 Å². The Morgan fingerprint density at radius 3 is 1.98 bits per heavy atom. The third-order valence-electron chi connectivity index (χ3n) is 7.88. The molecule has 0 saturated heterocycles. The van der Waals surface area contributed by atoms with Gasteiger partial charge in [0.25, 0.3) is 0 Å². The molecule has 4 aromatic carbocycles. The minimum absolute atomic E-state index is 0.0314. The average molecular weight is 605 g/mol. The summed E-state index contributed by atoms with van der Waals surface area (Å²) in [7, 11) is 0. The van der Waals surface area contributed by atoms with Gasteiger partial charge in [0.15, 0.2) is 5.43 Å². The molecule has 0 aliphatic heterocycles. The molecule has 0 unspecified atom stereocenters. The number of hydrogen-bond donors (Lipinski definition) is 0. The molecule has 230 valence electrons. The van der Waals surface area contributed by atoms with Gasteiger partial charge in [-0.05, 0) is 53.3 Å². The first-order valence-corrected chi connectivity index (χ1v) is 15.2. The fourth-order valence-electron chi connectivity index (χ4n) is 5.37. The molecular formula is C38H37FN2O4. The van der Waals surface area contributed by atoms with E-state index >= 15 is 0 Å². The highest BCUT2D eigenvalue weighted by Crippen LogP contribution is 2.27. The zero-order valence-electron chi connectivity index (χ0n) is 25.6. The summed E-state index contributed by atoms with van der Waals surface area (Å²) >= 11 is 0. The van der Waals surface area contributed by atoms with E-state index in [9.17, 15) is 18.8 Å². The first-order valence-electron chi connectivity index (χ1n) is 15.2. The smallest absolute Gasteiger partial charge is 0.242 e. The molecule has 0 saturated carbocycles. The van der Waals surface area contributed by atoms with Crippen LogP contribution in [0.5, 0.6) is 0 Å². The summed E-state index contributed by atoms with van der Waals surface area (Å²) in [5.41, 5.74) is 2.92. The molecule has 1 aromatic heterocycles. The maximum absolute atomic E-state index is 14.4. The highest BCUT2D eigenvalue weighted by Gasteiger charge is 2.30.